The molecule has 0 amide bonds. The van der Waals surface area contributed by atoms with Crippen molar-refractivity contribution in [3.8, 4) is 22.7 Å². The van der Waals surface area contributed by atoms with Gasteiger partial charge in [-0.05, 0) is 30.7 Å². The fourth-order valence-corrected chi connectivity index (χ4v) is 2.71. The summed E-state index contributed by atoms with van der Waals surface area (Å²) >= 11 is 0. The van der Waals surface area contributed by atoms with Crippen LogP contribution in [0.4, 0.5) is 0 Å². The highest BCUT2D eigenvalue weighted by atomic mass is 16.5. The molecule has 0 fully saturated rings. The average molecular weight is 366 g/mol. The molecule has 7 heteroatoms. The summed E-state index contributed by atoms with van der Waals surface area (Å²) < 4.78 is 11.1. The summed E-state index contributed by atoms with van der Waals surface area (Å²) in [6, 6.07) is 13.8. The van der Waals surface area contributed by atoms with Crippen molar-refractivity contribution < 1.29 is 24.2 Å². The van der Waals surface area contributed by atoms with Crippen molar-refractivity contribution in [1.29, 1.82) is 0 Å². The Bertz CT molecular complexity index is 1010. The van der Waals surface area contributed by atoms with Gasteiger partial charge < -0.3 is 14.6 Å². The first-order chi connectivity index (χ1) is 13.0. The monoisotopic (exact) mass is 366 g/mol. The molecule has 1 aromatic heterocycles. The van der Waals surface area contributed by atoms with E-state index in [0.717, 1.165) is 0 Å². The number of rotatable bonds is 4. The molecule has 0 aliphatic heterocycles. The molecular formula is C20H18N2O5. The molecule has 0 atom stereocenters. The quantitative estimate of drug-likeness (QED) is 0.714. The van der Waals surface area contributed by atoms with Gasteiger partial charge in [0.1, 0.15) is 17.0 Å². The van der Waals surface area contributed by atoms with Crippen LogP contribution in [0.15, 0.2) is 48.5 Å². The SMILES string of the molecule is COC(=O)c1c(-c2ccc(C)c(O)c2)nn(-c2ccccc2)c1C(=O)OC. The number of carbonyl (C=O) groups excluding carboxylic acids is 2. The fraction of sp³-hybridized carbons (Fsp3) is 0.150. The smallest absolute Gasteiger partial charge is 0.357 e. The van der Waals surface area contributed by atoms with E-state index in [-0.39, 0.29) is 22.7 Å². The minimum atomic E-state index is -0.729. The van der Waals surface area contributed by atoms with Gasteiger partial charge in [-0.1, -0.05) is 30.3 Å². The van der Waals surface area contributed by atoms with Gasteiger partial charge in [0.05, 0.1) is 19.9 Å². The van der Waals surface area contributed by atoms with Crippen LogP contribution < -0.4 is 0 Å². The van der Waals surface area contributed by atoms with Gasteiger partial charge in [-0.25, -0.2) is 14.3 Å². The number of phenolic OH excluding ortho intramolecular Hbond substituents is 1. The van der Waals surface area contributed by atoms with Crippen molar-refractivity contribution in [2.75, 3.05) is 14.2 Å². The third kappa shape index (κ3) is 3.27. The molecule has 27 heavy (non-hydrogen) atoms. The number of carbonyl (C=O) groups is 2. The number of nitrogens with zero attached hydrogens (tertiary/aromatic N) is 2. The molecular weight excluding hydrogens is 348 g/mol. The number of aromatic nitrogens is 2. The summed E-state index contributed by atoms with van der Waals surface area (Å²) in [6.45, 7) is 1.75. The Kier molecular flexibility index (Phi) is 4.94. The summed E-state index contributed by atoms with van der Waals surface area (Å²) in [5.41, 5.74) is 1.85. The number of hydrogen-bond donors (Lipinski definition) is 1. The maximum atomic E-state index is 12.5. The van der Waals surface area contributed by atoms with Crippen molar-refractivity contribution in [2.24, 2.45) is 0 Å². The highest BCUT2D eigenvalue weighted by molar-refractivity contribution is 6.06. The highest BCUT2D eigenvalue weighted by Crippen LogP contribution is 2.31. The Hall–Kier alpha value is -3.61. The van der Waals surface area contributed by atoms with Gasteiger partial charge in [0.15, 0.2) is 5.69 Å². The number of methoxy groups -OCH3 is 2. The molecule has 0 aliphatic rings. The zero-order valence-corrected chi connectivity index (χ0v) is 15.1. The van der Waals surface area contributed by atoms with E-state index in [9.17, 15) is 14.7 Å². The van der Waals surface area contributed by atoms with E-state index in [1.807, 2.05) is 6.07 Å². The first kappa shape index (κ1) is 18.2. The Balaban J connectivity index is 2.36. The van der Waals surface area contributed by atoms with Crippen molar-refractivity contribution in [3.63, 3.8) is 0 Å². The average Bonchev–Trinajstić information content (AvgIpc) is 3.10. The van der Waals surface area contributed by atoms with Crippen LogP contribution in [-0.4, -0.2) is 41.0 Å². The van der Waals surface area contributed by atoms with Crippen LogP contribution in [0.1, 0.15) is 26.4 Å². The molecule has 3 rings (SSSR count). The highest BCUT2D eigenvalue weighted by Gasteiger charge is 2.31. The van der Waals surface area contributed by atoms with E-state index in [0.29, 0.717) is 16.8 Å². The summed E-state index contributed by atoms with van der Waals surface area (Å²) in [5, 5.41) is 14.5. The largest absolute Gasteiger partial charge is 0.508 e. The normalized spacial score (nSPS) is 10.5. The molecule has 0 spiro atoms. The van der Waals surface area contributed by atoms with E-state index >= 15 is 0 Å². The van der Waals surface area contributed by atoms with Crippen LogP contribution in [0.3, 0.4) is 0 Å². The molecule has 1 N–H and O–H groups in total. The van der Waals surface area contributed by atoms with Gasteiger partial charge in [-0.2, -0.15) is 5.10 Å². The molecule has 0 aliphatic carbocycles. The second-order valence-corrected chi connectivity index (χ2v) is 5.80. The second kappa shape index (κ2) is 7.33. The predicted octanol–water partition coefficient (Wildman–Crippen LogP) is 3.13. The molecule has 0 bridgehead atoms. The Morgan fingerprint density at radius 1 is 1.00 bits per heavy atom. The zero-order chi connectivity index (χ0) is 19.6. The van der Waals surface area contributed by atoms with E-state index in [4.69, 9.17) is 9.47 Å². The summed E-state index contributed by atoms with van der Waals surface area (Å²) in [4.78, 5) is 25.0. The lowest BCUT2D eigenvalue weighted by molar-refractivity contribution is 0.0549. The molecule has 138 valence electrons. The lowest BCUT2D eigenvalue weighted by atomic mass is 10.0. The standard InChI is InChI=1S/C20H18N2O5/c1-12-9-10-13(11-15(12)23)17-16(19(24)26-2)18(20(25)27-3)22(21-17)14-7-5-4-6-8-14/h4-11,23H,1-3H3. The van der Waals surface area contributed by atoms with Gasteiger partial charge in [0, 0.05) is 5.56 Å². The first-order valence-electron chi connectivity index (χ1n) is 8.13. The summed E-state index contributed by atoms with van der Waals surface area (Å²) in [5.74, 6) is -1.40. The molecule has 0 unspecified atom stereocenters. The Morgan fingerprint density at radius 3 is 2.26 bits per heavy atom. The van der Waals surface area contributed by atoms with Gasteiger partial charge in [-0.15, -0.1) is 0 Å². The summed E-state index contributed by atoms with van der Waals surface area (Å²) in [7, 11) is 2.45. The number of benzene rings is 2. The number of para-hydroxylation sites is 1. The number of aromatic hydroxyl groups is 1. The molecule has 3 aromatic rings. The van der Waals surface area contributed by atoms with Crippen LogP contribution in [0.2, 0.25) is 0 Å². The van der Waals surface area contributed by atoms with E-state index in [2.05, 4.69) is 5.10 Å². The minimum absolute atomic E-state index is 0.0311. The van der Waals surface area contributed by atoms with Crippen molar-refractivity contribution in [2.45, 2.75) is 6.92 Å². The lowest BCUT2D eigenvalue weighted by Gasteiger charge is -2.07. The number of aryl methyl sites for hydroxylation is 1. The Labute approximate surface area is 155 Å². The van der Waals surface area contributed by atoms with Gasteiger partial charge >= 0.3 is 11.9 Å². The van der Waals surface area contributed by atoms with E-state index < -0.39 is 11.9 Å². The fourth-order valence-electron chi connectivity index (χ4n) is 2.71. The maximum Gasteiger partial charge on any atom is 0.357 e. The van der Waals surface area contributed by atoms with Gasteiger partial charge in [-0.3, -0.25) is 0 Å². The first-order valence-corrected chi connectivity index (χ1v) is 8.13. The van der Waals surface area contributed by atoms with Crippen LogP contribution in [0, 0.1) is 6.92 Å². The van der Waals surface area contributed by atoms with E-state index in [1.54, 1.807) is 43.3 Å². The van der Waals surface area contributed by atoms with Crippen LogP contribution in [0.25, 0.3) is 16.9 Å². The number of ether oxygens (including phenoxy) is 2. The molecule has 1 heterocycles. The minimum Gasteiger partial charge on any atom is -0.508 e. The predicted molar refractivity (Wildman–Crippen MR) is 98.1 cm³/mol. The molecule has 0 saturated carbocycles. The number of esters is 2. The second-order valence-electron chi connectivity index (χ2n) is 5.80. The summed E-state index contributed by atoms with van der Waals surface area (Å²) in [6.07, 6.45) is 0. The Morgan fingerprint density at radius 2 is 1.67 bits per heavy atom. The third-order valence-corrected chi connectivity index (χ3v) is 4.14. The lowest BCUT2D eigenvalue weighted by Crippen LogP contribution is -2.15. The van der Waals surface area contributed by atoms with Crippen LogP contribution in [-0.2, 0) is 9.47 Å². The third-order valence-electron chi connectivity index (χ3n) is 4.14. The van der Waals surface area contributed by atoms with Gasteiger partial charge in [0.25, 0.3) is 0 Å². The van der Waals surface area contributed by atoms with E-state index in [1.165, 1.54) is 25.0 Å². The number of phenols is 1. The van der Waals surface area contributed by atoms with Crippen LogP contribution in [0.5, 0.6) is 5.75 Å². The number of hydrogen-bond acceptors (Lipinski definition) is 6. The maximum absolute atomic E-state index is 12.5. The van der Waals surface area contributed by atoms with Gasteiger partial charge in [0.2, 0.25) is 0 Å². The molecule has 7 nitrogen and oxygen atoms in total. The molecule has 0 radical (unpaired) electrons. The molecule has 2 aromatic carbocycles. The molecule has 0 saturated heterocycles. The van der Waals surface area contributed by atoms with Crippen LogP contribution >= 0.6 is 0 Å². The topological polar surface area (TPSA) is 90.6 Å². The van der Waals surface area contributed by atoms with Crippen molar-refractivity contribution >= 4 is 11.9 Å². The van der Waals surface area contributed by atoms with Crippen molar-refractivity contribution in [1.82, 2.24) is 9.78 Å². The zero-order valence-electron chi connectivity index (χ0n) is 15.1. The van der Waals surface area contributed by atoms with Crippen molar-refractivity contribution in [3.05, 3.63) is 65.4 Å².